The first-order valence-electron chi connectivity index (χ1n) is 6.88. The minimum Gasteiger partial charge on any atom is -0.381 e. The Balaban J connectivity index is 1.87. The van der Waals surface area contributed by atoms with E-state index in [0.717, 1.165) is 13.0 Å². The summed E-state index contributed by atoms with van der Waals surface area (Å²) in [5.74, 6) is 1.38. The van der Waals surface area contributed by atoms with Gasteiger partial charge in [0, 0.05) is 33.3 Å². The number of carbonyl (C=O) groups excluding carboxylic acids is 1. The Labute approximate surface area is 118 Å². The largest absolute Gasteiger partial charge is 0.381 e. The molecule has 1 amide bonds. The Kier molecular flexibility index (Phi) is 5.49. The summed E-state index contributed by atoms with van der Waals surface area (Å²) in [7, 11) is 1.57. The van der Waals surface area contributed by atoms with Gasteiger partial charge in [0.05, 0.1) is 6.54 Å². The molecule has 7 nitrogen and oxygen atoms in total. The number of carbonyl (C=O) groups is 1. The number of methoxy groups -OCH3 is 1. The molecule has 1 aromatic heterocycles. The molecule has 0 radical (unpaired) electrons. The second-order valence-corrected chi connectivity index (χ2v) is 4.88. The normalized spacial score (nSPS) is 18.4. The van der Waals surface area contributed by atoms with Crippen LogP contribution < -0.4 is 0 Å². The molecule has 0 saturated carbocycles. The smallest absolute Gasteiger partial charge is 0.246 e. The van der Waals surface area contributed by atoms with Crippen LogP contribution in [-0.2, 0) is 27.4 Å². The van der Waals surface area contributed by atoms with Gasteiger partial charge in [-0.2, -0.15) is 4.98 Å². The molecule has 7 heteroatoms. The summed E-state index contributed by atoms with van der Waals surface area (Å²) in [4.78, 5) is 18.1. The van der Waals surface area contributed by atoms with E-state index in [1.165, 1.54) is 0 Å². The zero-order valence-corrected chi connectivity index (χ0v) is 12.0. The summed E-state index contributed by atoms with van der Waals surface area (Å²) in [5, 5.41) is 3.79. The van der Waals surface area contributed by atoms with Gasteiger partial charge in [-0.25, -0.2) is 0 Å². The molecule has 1 aliphatic heterocycles. The average molecular weight is 283 g/mol. The predicted molar refractivity (Wildman–Crippen MR) is 69.6 cm³/mol. The van der Waals surface area contributed by atoms with Crippen molar-refractivity contribution in [3.05, 3.63) is 11.7 Å². The van der Waals surface area contributed by atoms with Gasteiger partial charge in [-0.3, -0.25) is 4.79 Å². The van der Waals surface area contributed by atoms with E-state index >= 15 is 0 Å². The molecule has 1 saturated heterocycles. The Morgan fingerprint density at radius 2 is 2.40 bits per heavy atom. The fourth-order valence-electron chi connectivity index (χ4n) is 2.20. The number of hydrogen-bond donors (Lipinski definition) is 0. The van der Waals surface area contributed by atoms with Crippen LogP contribution in [0, 0.1) is 5.92 Å². The molecule has 0 aliphatic carbocycles. The van der Waals surface area contributed by atoms with Crippen molar-refractivity contribution >= 4 is 5.91 Å². The van der Waals surface area contributed by atoms with E-state index in [9.17, 15) is 4.79 Å². The van der Waals surface area contributed by atoms with Gasteiger partial charge in [0.2, 0.25) is 11.8 Å². The lowest BCUT2D eigenvalue weighted by molar-refractivity contribution is -0.133. The second kappa shape index (κ2) is 7.35. The van der Waals surface area contributed by atoms with Crippen molar-refractivity contribution in [1.29, 1.82) is 0 Å². The molecule has 0 unspecified atom stereocenters. The van der Waals surface area contributed by atoms with Gasteiger partial charge in [0.1, 0.15) is 6.61 Å². The van der Waals surface area contributed by atoms with Crippen molar-refractivity contribution in [2.45, 2.75) is 32.9 Å². The Bertz CT molecular complexity index is 429. The Morgan fingerprint density at radius 3 is 3.05 bits per heavy atom. The monoisotopic (exact) mass is 283 g/mol. The SMILES string of the molecule is CCN(Cc1nc(COC)no1)C(=O)C[C@@H]1CCOC1. The fourth-order valence-corrected chi connectivity index (χ4v) is 2.20. The van der Waals surface area contributed by atoms with Crippen LogP contribution >= 0.6 is 0 Å². The van der Waals surface area contributed by atoms with Gasteiger partial charge in [-0.05, 0) is 19.3 Å². The second-order valence-electron chi connectivity index (χ2n) is 4.88. The van der Waals surface area contributed by atoms with E-state index in [1.807, 2.05) is 6.92 Å². The highest BCUT2D eigenvalue weighted by atomic mass is 16.5. The minimum atomic E-state index is 0.106. The van der Waals surface area contributed by atoms with Gasteiger partial charge in [-0.15, -0.1) is 0 Å². The fraction of sp³-hybridized carbons (Fsp3) is 0.769. The van der Waals surface area contributed by atoms with Gasteiger partial charge in [-0.1, -0.05) is 5.16 Å². The molecule has 112 valence electrons. The molecular weight excluding hydrogens is 262 g/mol. The first-order chi connectivity index (χ1) is 9.72. The third-order valence-corrected chi connectivity index (χ3v) is 3.33. The van der Waals surface area contributed by atoms with Crippen LogP contribution in [0.2, 0.25) is 0 Å². The van der Waals surface area contributed by atoms with Gasteiger partial charge in [0.15, 0.2) is 5.82 Å². The highest BCUT2D eigenvalue weighted by Crippen LogP contribution is 2.18. The van der Waals surface area contributed by atoms with Crippen LogP contribution in [0.15, 0.2) is 4.52 Å². The lowest BCUT2D eigenvalue weighted by Gasteiger charge is -2.20. The first-order valence-corrected chi connectivity index (χ1v) is 6.88. The van der Waals surface area contributed by atoms with E-state index < -0.39 is 0 Å². The highest BCUT2D eigenvalue weighted by molar-refractivity contribution is 5.76. The van der Waals surface area contributed by atoms with Crippen molar-refractivity contribution < 1.29 is 18.8 Å². The average Bonchev–Trinajstić information content (AvgIpc) is 3.08. The molecule has 20 heavy (non-hydrogen) atoms. The predicted octanol–water partition coefficient (Wildman–Crippen LogP) is 0.991. The summed E-state index contributed by atoms with van der Waals surface area (Å²) in [6, 6.07) is 0. The van der Waals surface area contributed by atoms with E-state index in [1.54, 1.807) is 12.0 Å². The minimum absolute atomic E-state index is 0.106. The van der Waals surface area contributed by atoms with Crippen molar-refractivity contribution in [3.63, 3.8) is 0 Å². The molecular formula is C13H21N3O4. The van der Waals surface area contributed by atoms with Crippen LogP contribution in [0.1, 0.15) is 31.5 Å². The van der Waals surface area contributed by atoms with Crippen LogP contribution in [0.3, 0.4) is 0 Å². The lowest BCUT2D eigenvalue weighted by Crippen LogP contribution is -2.32. The number of ether oxygens (including phenoxy) is 2. The molecule has 1 aromatic rings. The van der Waals surface area contributed by atoms with Crippen LogP contribution in [0.4, 0.5) is 0 Å². The van der Waals surface area contributed by atoms with Crippen molar-refractivity contribution in [2.24, 2.45) is 5.92 Å². The van der Waals surface area contributed by atoms with Crippen molar-refractivity contribution in [2.75, 3.05) is 26.9 Å². The molecule has 1 atom stereocenters. The molecule has 1 fully saturated rings. The van der Waals surface area contributed by atoms with E-state index in [-0.39, 0.29) is 5.91 Å². The zero-order chi connectivity index (χ0) is 14.4. The molecule has 0 bridgehead atoms. The number of amides is 1. The summed E-state index contributed by atoms with van der Waals surface area (Å²) in [5.41, 5.74) is 0. The summed E-state index contributed by atoms with van der Waals surface area (Å²) < 4.78 is 15.3. The summed E-state index contributed by atoms with van der Waals surface area (Å²) in [6.45, 7) is 4.66. The number of aromatic nitrogens is 2. The first kappa shape index (κ1) is 14.9. The number of rotatable bonds is 7. The summed E-state index contributed by atoms with van der Waals surface area (Å²) in [6.07, 6.45) is 1.48. The van der Waals surface area contributed by atoms with E-state index in [4.69, 9.17) is 14.0 Å². The zero-order valence-electron chi connectivity index (χ0n) is 12.0. The Hall–Kier alpha value is -1.47. The lowest BCUT2D eigenvalue weighted by atomic mass is 10.0. The van der Waals surface area contributed by atoms with Crippen molar-refractivity contribution in [3.8, 4) is 0 Å². The Morgan fingerprint density at radius 1 is 1.55 bits per heavy atom. The van der Waals surface area contributed by atoms with Gasteiger partial charge in [0.25, 0.3) is 0 Å². The molecule has 1 aliphatic rings. The molecule has 2 rings (SSSR count). The van der Waals surface area contributed by atoms with E-state index in [0.29, 0.717) is 50.4 Å². The molecule has 0 spiro atoms. The maximum atomic E-state index is 12.2. The standard InChI is InChI=1S/C13H21N3O4/c1-3-16(13(17)6-10-4-5-19-8-10)7-12-14-11(9-18-2)15-20-12/h10H,3-9H2,1-2H3/t10-/m0/s1. The molecule has 2 heterocycles. The van der Waals surface area contributed by atoms with Crippen LogP contribution in [0.5, 0.6) is 0 Å². The van der Waals surface area contributed by atoms with E-state index in [2.05, 4.69) is 10.1 Å². The quantitative estimate of drug-likeness (QED) is 0.742. The maximum Gasteiger partial charge on any atom is 0.246 e. The van der Waals surface area contributed by atoms with Gasteiger partial charge >= 0.3 is 0 Å². The number of hydrogen-bond acceptors (Lipinski definition) is 6. The van der Waals surface area contributed by atoms with Crippen LogP contribution in [-0.4, -0.2) is 47.8 Å². The topological polar surface area (TPSA) is 77.7 Å². The molecule has 0 N–H and O–H groups in total. The third-order valence-electron chi connectivity index (χ3n) is 3.33. The van der Waals surface area contributed by atoms with Crippen LogP contribution in [0.25, 0.3) is 0 Å². The van der Waals surface area contributed by atoms with Gasteiger partial charge < -0.3 is 18.9 Å². The number of nitrogens with zero attached hydrogens (tertiary/aromatic N) is 3. The summed E-state index contributed by atoms with van der Waals surface area (Å²) >= 11 is 0. The molecule has 0 aromatic carbocycles. The van der Waals surface area contributed by atoms with Crippen molar-refractivity contribution in [1.82, 2.24) is 15.0 Å². The highest BCUT2D eigenvalue weighted by Gasteiger charge is 2.23. The maximum absolute atomic E-state index is 12.2. The third kappa shape index (κ3) is 4.01.